The highest BCUT2D eigenvalue weighted by Crippen LogP contribution is 2.14. The van der Waals surface area contributed by atoms with Crippen LogP contribution in [0, 0.1) is 0 Å². The highest BCUT2D eigenvalue weighted by atomic mass is 15.4. The normalized spacial score (nSPS) is 23.3. The minimum Gasteiger partial charge on any atom is -0.325 e. The fraction of sp³-hybridized carbons (Fsp3) is 0.750. The molecular weight excluding hydrogens is 166 g/mol. The number of piperidine rings is 1. The van der Waals surface area contributed by atoms with Crippen LogP contribution in [-0.2, 0) is 6.54 Å². The molecule has 1 aliphatic heterocycles. The lowest BCUT2D eigenvalue weighted by Crippen LogP contribution is -2.31. The highest BCUT2D eigenvalue weighted by Gasteiger charge is 2.15. The fourth-order valence-electron chi connectivity index (χ4n) is 1.64. The van der Waals surface area contributed by atoms with Crippen LogP contribution in [0.15, 0.2) is 6.20 Å². The number of nitrogens with two attached hydrogens (primary N) is 1. The molecule has 1 aliphatic rings. The van der Waals surface area contributed by atoms with Gasteiger partial charge in [-0.2, -0.15) is 0 Å². The molecule has 0 aromatic carbocycles. The van der Waals surface area contributed by atoms with Gasteiger partial charge in [-0.1, -0.05) is 5.21 Å². The number of hydrogen-bond acceptors (Lipinski definition) is 4. The highest BCUT2D eigenvalue weighted by molar-refractivity contribution is 4.92. The maximum atomic E-state index is 5.46. The Bertz CT molecular complexity index is 263. The van der Waals surface area contributed by atoms with Gasteiger partial charge in [0, 0.05) is 13.1 Å². The van der Waals surface area contributed by atoms with Gasteiger partial charge in [0.1, 0.15) is 0 Å². The maximum Gasteiger partial charge on any atom is 0.0962 e. The van der Waals surface area contributed by atoms with Crippen LogP contribution in [0.4, 0.5) is 0 Å². The Balaban J connectivity index is 2.05. The molecule has 0 radical (unpaired) electrons. The molecule has 0 saturated carbocycles. The monoisotopic (exact) mass is 181 g/mol. The first-order valence-electron chi connectivity index (χ1n) is 4.71. The van der Waals surface area contributed by atoms with Crippen molar-refractivity contribution in [2.45, 2.75) is 25.4 Å². The first kappa shape index (κ1) is 8.65. The molecule has 0 spiro atoms. The summed E-state index contributed by atoms with van der Waals surface area (Å²) in [6.45, 7) is 2.59. The smallest absolute Gasteiger partial charge is 0.0962 e. The van der Waals surface area contributed by atoms with E-state index in [1.165, 1.54) is 12.8 Å². The van der Waals surface area contributed by atoms with Crippen molar-refractivity contribution in [3.8, 4) is 0 Å². The Hall–Kier alpha value is -0.940. The summed E-state index contributed by atoms with van der Waals surface area (Å²) in [6.07, 6.45) is 4.33. The minimum absolute atomic E-state index is 0.460. The van der Waals surface area contributed by atoms with Crippen LogP contribution in [0.1, 0.15) is 24.6 Å². The Morgan fingerprint density at radius 2 is 2.62 bits per heavy atom. The van der Waals surface area contributed by atoms with Gasteiger partial charge in [0.2, 0.25) is 0 Å². The lowest BCUT2D eigenvalue weighted by atomic mass is 10.1. The van der Waals surface area contributed by atoms with E-state index < -0.39 is 0 Å². The lowest BCUT2D eigenvalue weighted by molar-refractivity contribution is 0.341. The second-order valence-electron chi connectivity index (χ2n) is 3.39. The van der Waals surface area contributed by atoms with E-state index >= 15 is 0 Å². The number of rotatable bonds is 2. The zero-order valence-corrected chi connectivity index (χ0v) is 7.61. The van der Waals surface area contributed by atoms with Gasteiger partial charge in [-0.05, 0) is 19.4 Å². The molecule has 1 saturated heterocycles. The number of aromatic nitrogens is 3. The van der Waals surface area contributed by atoms with Gasteiger partial charge in [-0.3, -0.25) is 0 Å². The predicted molar refractivity (Wildman–Crippen MR) is 49.1 cm³/mol. The van der Waals surface area contributed by atoms with Crippen molar-refractivity contribution in [1.29, 1.82) is 0 Å². The van der Waals surface area contributed by atoms with Gasteiger partial charge in [0.25, 0.3) is 0 Å². The van der Waals surface area contributed by atoms with E-state index in [9.17, 15) is 0 Å². The quantitative estimate of drug-likeness (QED) is 0.655. The summed E-state index contributed by atoms with van der Waals surface area (Å²) in [5.74, 6) is 0. The van der Waals surface area contributed by atoms with E-state index in [4.69, 9.17) is 5.73 Å². The second kappa shape index (κ2) is 3.85. The van der Waals surface area contributed by atoms with Crippen molar-refractivity contribution in [2.75, 3.05) is 13.1 Å². The summed E-state index contributed by atoms with van der Waals surface area (Å²) in [4.78, 5) is 0. The van der Waals surface area contributed by atoms with Crippen LogP contribution >= 0.6 is 0 Å². The summed E-state index contributed by atoms with van der Waals surface area (Å²) in [6, 6.07) is 0.460. The van der Waals surface area contributed by atoms with E-state index in [0.717, 1.165) is 18.8 Å². The third-order valence-corrected chi connectivity index (χ3v) is 2.41. The van der Waals surface area contributed by atoms with Crippen LogP contribution in [-0.4, -0.2) is 28.1 Å². The average molecular weight is 181 g/mol. The first-order valence-corrected chi connectivity index (χ1v) is 4.71. The Morgan fingerprint density at radius 3 is 3.23 bits per heavy atom. The molecule has 13 heavy (non-hydrogen) atoms. The third kappa shape index (κ3) is 1.87. The summed E-state index contributed by atoms with van der Waals surface area (Å²) in [5, 5.41) is 11.4. The number of hydrogen-bond donors (Lipinski definition) is 2. The fourth-order valence-corrected chi connectivity index (χ4v) is 1.64. The Morgan fingerprint density at radius 1 is 1.69 bits per heavy atom. The topological polar surface area (TPSA) is 68.8 Å². The molecule has 0 unspecified atom stereocenters. The third-order valence-electron chi connectivity index (χ3n) is 2.41. The zero-order chi connectivity index (χ0) is 9.10. The molecule has 5 heteroatoms. The molecular formula is C8H15N5. The molecule has 2 heterocycles. The van der Waals surface area contributed by atoms with Crippen LogP contribution < -0.4 is 11.1 Å². The molecule has 72 valence electrons. The summed E-state index contributed by atoms with van der Waals surface area (Å²) in [7, 11) is 0. The number of nitrogens with zero attached hydrogens (tertiary/aromatic N) is 3. The molecule has 2 rings (SSSR count). The molecule has 0 amide bonds. The lowest BCUT2D eigenvalue weighted by Gasteiger charge is -2.22. The van der Waals surface area contributed by atoms with E-state index in [0.29, 0.717) is 12.6 Å². The van der Waals surface area contributed by atoms with Gasteiger partial charge >= 0.3 is 0 Å². The summed E-state index contributed by atoms with van der Waals surface area (Å²) in [5.41, 5.74) is 6.33. The van der Waals surface area contributed by atoms with E-state index in [1.54, 1.807) is 0 Å². The SMILES string of the molecule is NCc1cn([C@@H]2CCCNC2)nn1. The second-order valence-corrected chi connectivity index (χ2v) is 3.39. The van der Waals surface area contributed by atoms with Crippen LogP contribution in [0.3, 0.4) is 0 Å². The molecule has 0 aliphatic carbocycles. The van der Waals surface area contributed by atoms with Crippen LogP contribution in [0.25, 0.3) is 0 Å². The van der Waals surface area contributed by atoms with Crippen molar-refractivity contribution in [3.05, 3.63) is 11.9 Å². The standard InChI is InChI=1S/C8H15N5/c9-4-7-6-13(12-11-7)8-2-1-3-10-5-8/h6,8,10H,1-5,9H2/t8-/m1/s1. The molecule has 5 nitrogen and oxygen atoms in total. The van der Waals surface area contributed by atoms with Gasteiger partial charge in [0.05, 0.1) is 17.9 Å². The molecule has 1 aromatic heterocycles. The van der Waals surface area contributed by atoms with Gasteiger partial charge in [0.15, 0.2) is 0 Å². The molecule has 0 bridgehead atoms. The van der Waals surface area contributed by atoms with E-state index in [1.807, 2.05) is 10.9 Å². The van der Waals surface area contributed by atoms with Crippen LogP contribution in [0.2, 0.25) is 0 Å². The molecule has 1 aromatic rings. The van der Waals surface area contributed by atoms with Crippen molar-refractivity contribution >= 4 is 0 Å². The maximum absolute atomic E-state index is 5.46. The summed E-state index contributed by atoms with van der Waals surface area (Å²) < 4.78 is 1.92. The van der Waals surface area contributed by atoms with Crippen molar-refractivity contribution < 1.29 is 0 Å². The molecule has 1 fully saturated rings. The number of nitrogens with one attached hydrogen (secondary N) is 1. The average Bonchev–Trinajstić information content (AvgIpc) is 2.67. The predicted octanol–water partition coefficient (Wildman–Crippen LogP) is -0.339. The van der Waals surface area contributed by atoms with E-state index in [2.05, 4.69) is 15.6 Å². The van der Waals surface area contributed by atoms with E-state index in [-0.39, 0.29) is 0 Å². The largest absolute Gasteiger partial charge is 0.325 e. The first-order chi connectivity index (χ1) is 6.40. The Labute approximate surface area is 77.3 Å². The zero-order valence-electron chi connectivity index (χ0n) is 7.61. The molecule has 3 N–H and O–H groups in total. The molecule has 1 atom stereocenters. The van der Waals surface area contributed by atoms with Crippen molar-refractivity contribution in [1.82, 2.24) is 20.3 Å². The van der Waals surface area contributed by atoms with Gasteiger partial charge in [-0.25, -0.2) is 4.68 Å². The summed E-state index contributed by atoms with van der Waals surface area (Å²) >= 11 is 0. The van der Waals surface area contributed by atoms with Crippen molar-refractivity contribution in [3.63, 3.8) is 0 Å². The van der Waals surface area contributed by atoms with Crippen molar-refractivity contribution in [2.24, 2.45) is 5.73 Å². The van der Waals surface area contributed by atoms with Gasteiger partial charge in [-0.15, -0.1) is 5.10 Å². The van der Waals surface area contributed by atoms with Crippen LogP contribution in [0.5, 0.6) is 0 Å². The van der Waals surface area contributed by atoms with Gasteiger partial charge < -0.3 is 11.1 Å². The Kier molecular flexibility index (Phi) is 2.56. The minimum atomic E-state index is 0.460.